The number of methoxy groups -OCH3 is 4. The van der Waals surface area contributed by atoms with Crippen molar-refractivity contribution < 1.29 is 32.1 Å². The van der Waals surface area contributed by atoms with Crippen LogP contribution in [0.15, 0.2) is 48.5 Å². The Morgan fingerprint density at radius 2 is 1.46 bits per heavy atom. The molecule has 0 radical (unpaired) electrons. The van der Waals surface area contributed by atoms with Crippen LogP contribution in [0, 0.1) is 11.8 Å². The van der Waals surface area contributed by atoms with E-state index in [1.165, 1.54) is 40.6 Å². The molecular weight excluding hydrogens is 461 g/mol. The maximum absolute atomic E-state index is 12.8. The molecule has 0 bridgehead atoms. The lowest BCUT2D eigenvalue weighted by molar-refractivity contribution is -0.137. The molecule has 1 heterocycles. The first-order chi connectivity index (χ1) is 16.8. The Hall–Kier alpha value is -4.32. The number of rotatable bonds is 5. The van der Waals surface area contributed by atoms with Crippen LogP contribution in [0.1, 0.15) is 16.7 Å². The summed E-state index contributed by atoms with van der Waals surface area (Å²) in [6, 6.07) is 11.7. The van der Waals surface area contributed by atoms with Crippen LogP contribution >= 0.6 is 0 Å². The highest BCUT2D eigenvalue weighted by molar-refractivity contribution is 5.85. The first-order valence-corrected chi connectivity index (χ1v) is 10.4. The molecule has 0 atom stereocenters. The molecule has 4 rings (SSSR count). The lowest BCUT2D eigenvalue weighted by Crippen LogP contribution is -2.04. The van der Waals surface area contributed by atoms with Gasteiger partial charge in [-0.25, -0.2) is 4.98 Å². The third-order valence-corrected chi connectivity index (χ3v) is 5.32. The number of aromatic amines is 1. The first kappa shape index (κ1) is 23.8. The number of ether oxygens (including phenoxy) is 4. The van der Waals surface area contributed by atoms with Crippen LogP contribution < -0.4 is 18.9 Å². The number of hydrogen-bond donors (Lipinski definition) is 1. The summed E-state index contributed by atoms with van der Waals surface area (Å²) in [5.74, 6) is 8.28. The molecule has 4 aromatic rings. The summed E-state index contributed by atoms with van der Waals surface area (Å²) in [7, 11) is 6.10. The van der Waals surface area contributed by atoms with E-state index in [0.29, 0.717) is 56.5 Å². The van der Waals surface area contributed by atoms with Gasteiger partial charge in [-0.15, -0.1) is 0 Å². The Balaban J connectivity index is 1.75. The van der Waals surface area contributed by atoms with Crippen molar-refractivity contribution in [3.63, 3.8) is 0 Å². The molecule has 35 heavy (non-hydrogen) atoms. The fraction of sp³-hybridized carbons (Fsp3) is 0.192. The quantitative estimate of drug-likeness (QED) is 0.371. The zero-order valence-corrected chi connectivity index (χ0v) is 19.3. The third-order valence-electron chi connectivity index (χ3n) is 5.32. The predicted octanol–water partition coefficient (Wildman–Crippen LogP) is 5.68. The van der Waals surface area contributed by atoms with E-state index in [0.717, 1.165) is 12.1 Å². The lowest BCUT2D eigenvalue weighted by Gasteiger charge is -2.14. The molecule has 0 amide bonds. The van der Waals surface area contributed by atoms with Gasteiger partial charge in [-0.2, -0.15) is 13.2 Å². The van der Waals surface area contributed by atoms with E-state index < -0.39 is 11.7 Å². The van der Waals surface area contributed by atoms with E-state index in [1.807, 2.05) is 0 Å². The predicted molar refractivity (Wildman–Crippen MR) is 125 cm³/mol. The van der Waals surface area contributed by atoms with Gasteiger partial charge in [0.2, 0.25) is 5.75 Å². The molecular formula is C26H21F3N2O4. The molecule has 0 saturated heterocycles. The number of hydrogen-bond acceptors (Lipinski definition) is 5. The van der Waals surface area contributed by atoms with Crippen LogP contribution in [0.4, 0.5) is 13.2 Å². The van der Waals surface area contributed by atoms with Gasteiger partial charge in [0.25, 0.3) is 0 Å². The van der Waals surface area contributed by atoms with Gasteiger partial charge in [0.1, 0.15) is 11.6 Å². The Morgan fingerprint density at radius 3 is 2.06 bits per heavy atom. The van der Waals surface area contributed by atoms with Gasteiger partial charge in [0, 0.05) is 11.6 Å². The van der Waals surface area contributed by atoms with E-state index in [-0.39, 0.29) is 0 Å². The topological polar surface area (TPSA) is 65.6 Å². The zero-order chi connectivity index (χ0) is 25.2. The summed E-state index contributed by atoms with van der Waals surface area (Å²) in [6.07, 6.45) is -4.39. The number of halogens is 3. The summed E-state index contributed by atoms with van der Waals surface area (Å²) in [6.45, 7) is 0. The molecule has 0 aliphatic rings. The standard InChI is InChI=1S/C26H21F3N2O4/c1-32-21-12-11-18(23(34-3)24(21)35-4)25-30-19-13-16(22(33-2)14-20(19)31-25)8-5-15-6-9-17(10-7-15)26(27,28)29/h6-7,9-14H,1-4H3,(H,30,31). The Kier molecular flexibility index (Phi) is 6.47. The molecule has 0 aliphatic carbocycles. The number of nitrogens with zero attached hydrogens (tertiary/aromatic N) is 1. The van der Waals surface area contributed by atoms with Crippen molar-refractivity contribution in [2.45, 2.75) is 6.18 Å². The zero-order valence-electron chi connectivity index (χ0n) is 19.3. The van der Waals surface area contributed by atoms with Gasteiger partial charge in [-0.3, -0.25) is 0 Å². The molecule has 1 N–H and O–H groups in total. The van der Waals surface area contributed by atoms with Crippen LogP contribution in [-0.4, -0.2) is 38.4 Å². The molecule has 0 spiro atoms. The highest BCUT2D eigenvalue weighted by Crippen LogP contribution is 2.44. The number of imidazole rings is 1. The van der Waals surface area contributed by atoms with E-state index >= 15 is 0 Å². The molecule has 0 aliphatic heterocycles. The molecule has 9 heteroatoms. The second kappa shape index (κ2) is 9.50. The minimum absolute atomic E-state index is 0.439. The van der Waals surface area contributed by atoms with Crippen molar-refractivity contribution in [1.82, 2.24) is 9.97 Å². The maximum atomic E-state index is 12.8. The Labute approximate surface area is 199 Å². The summed E-state index contributed by atoms with van der Waals surface area (Å²) < 4.78 is 60.2. The first-order valence-electron chi connectivity index (χ1n) is 10.4. The Bertz CT molecular complexity index is 1430. The molecule has 0 saturated carbocycles. The van der Waals surface area contributed by atoms with Gasteiger partial charge in [-0.05, 0) is 42.5 Å². The second-order valence-electron chi connectivity index (χ2n) is 7.36. The number of H-pyrrole nitrogens is 1. The van der Waals surface area contributed by atoms with Crippen LogP contribution in [0.3, 0.4) is 0 Å². The summed E-state index contributed by atoms with van der Waals surface area (Å²) in [5.41, 5.74) is 2.26. The second-order valence-corrected chi connectivity index (χ2v) is 7.36. The molecule has 1 aromatic heterocycles. The van der Waals surface area contributed by atoms with E-state index in [9.17, 15) is 13.2 Å². The minimum Gasteiger partial charge on any atom is -0.495 e. The summed E-state index contributed by atoms with van der Waals surface area (Å²) in [4.78, 5) is 7.91. The normalized spacial score (nSPS) is 11.1. The molecule has 0 fully saturated rings. The van der Waals surface area contributed by atoms with Crippen LogP contribution in [0.5, 0.6) is 23.0 Å². The average molecular weight is 482 g/mol. The fourth-order valence-electron chi connectivity index (χ4n) is 3.60. The monoisotopic (exact) mass is 482 g/mol. The third kappa shape index (κ3) is 4.68. The average Bonchev–Trinajstić information content (AvgIpc) is 3.28. The van der Waals surface area contributed by atoms with Gasteiger partial charge in [-0.1, -0.05) is 11.8 Å². The van der Waals surface area contributed by atoms with E-state index in [2.05, 4.69) is 21.8 Å². The number of alkyl halides is 3. The van der Waals surface area contributed by atoms with Crippen LogP contribution in [0.25, 0.3) is 22.4 Å². The summed E-state index contributed by atoms with van der Waals surface area (Å²) in [5, 5.41) is 0. The van der Waals surface area contributed by atoms with Crippen LogP contribution in [0.2, 0.25) is 0 Å². The Morgan fingerprint density at radius 1 is 0.771 bits per heavy atom. The van der Waals surface area contributed by atoms with Gasteiger partial charge >= 0.3 is 6.18 Å². The van der Waals surface area contributed by atoms with Crippen molar-refractivity contribution in [2.75, 3.05) is 28.4 Å². The van der Waals surface area contributed by atoms with Crippen molar-refractivity contribution in [2.24, 2.45) is 0 Å². The van der Waals surface area contributed by atoms with Crippen LogP contribution in [-0.2, 0) is 6.18 Å². The number of benzene rings is 3. The van der Waals surface area contributed by atoms with E-state index in [4.69, 9.17) is 18.9 Å². The number of aromatic nitrogens is 2. The molecule has 3 aromatic carbocycles. The fourth-order valence-corrected chi connectivity index (χ4v) is 3.60. The molecule has 180 valence electrons. The lowest BCUT2D eigenvalue weighted by atomic mass is 10.1. The number of fused-ring (bicyclic) bond motifs is 1. The summed E-state index contributed by atoms with van der Waals surface area (Å²) >= 11 is 0. The van der Waals surface area contributed by atoms with Gasteiger partial charge in [0.15, 0.2) is 11.5 Å². The van der Waals surface area contributed by atoms with Crippen molar-refractivity contribution in [3.05, 3.63) is 65.2 Å². The van der Waals surface area contributed by atoms with Gasteiger partial charge in [0.05, 0.1) is 56.2 Å². The molecule has 6 nitrogen and oxygen atoms in total. The smallest absolute Gasteiger partial charge is 0.416 e. The minimum atomic E-state index is -4.39. The number of nitrogens with one attached hydrogen (secondary N) is 1. The van der Waals surface area contributed by atoms with Crippen molar-refractivity contribution in [3.8, 4) is 46.2 Å². The molecule has 0 unspecified atom stereocenters. The van der Waals surface area contributed by atoms with Crippen molar-refractivity contribution >= 4 is 11.0 Å². The van der Waals surface area contributed by atoms with Crippen molar-refractivity contribution in [1.29, 1.82) is 0 Å². The maximum Gasteiger partial charge on any atom is 0.416 e. The highest BCUT2D eigenvalue weighted by atomic mass is 19.4. The van der Waals surface area contributed by atoms with E-state index in [1.54, 1.807) is 24.3 Å². The van der Waals surface area contributed by atoms with Gasteiger partial charge < -0.3 is 23.9 Å². The SMILES string of the molecule is COc1cc2nc(-c3ccc(OC)c(OC)c3OC)[nH]c2cc1C#Cc1ccc(C(F)(F)F)cc1. The largest absolute Gasteiger partial charge is 0.495 e. The highest BCUT2D eigenvalue weighted by Gasteiger charge is 2.29.